The van der Waals surface area contributed by atoms with Crippen LogP contribution in [0.5, 0.6) is 0 Å². The summed E-state index contributed by atoms with van der Waals surface area (Å²) in [5, 5.41) is 8.91. The molecule has 0 aromatic heterocycles. The number of thioether (sulfide) groups is 1. The van der Waals surface area contributed by atoms with Gasteiger partial charge in [0.1, 0.15) is 0 Å². The standard InChI is InChI=1S/C14H15NS/c1-11-9-12(10-15)7-8-14(11)16-13-5-3-2-4-6-13/h2-6,12H,7-9H2,1H3. The van der Waals surface area contributed by atoms with Crippen LogP contribution in [-0.2, 0) is 0 Å². The summed E-state index contributed by atoms with van der Waals surface area (Å²) in [5.74, 6) is 0.236. The summed E-state index contributed by atoms with van der Waals surface area (Å²) in [6.45, 7) is 2.16. The maximum atomic E-state index is 8.91. The zero-order valence-electron chi connectivity index (χ0n) is 9.44. The van der Waals surface area contributed by atoms with Crippen molar-refractivity contribution in [1.82, 2.24) is 0 Å². The summed E-state index contributed by atoms with van der Waals surface area (Å²) in [7, 11) is 0. The van der Waals surface area contributed by atoms with Crippen LogP contribution in [0.3, 0.4) is 0 Å². The fourth-order valence-corrected chi connectivity index (χ4v) is 3.04. The van der Waals surface area contributed by atoms with Gasteiger partial charge in [0.05, 0.1) is 12.0 Å². The highest BCUT2D eigenvalue weighted by molar-refractivity contribution is 8.03. The lowest BCUT2D eigenvalue weighted by molar-refractivity contribution is 0.570. The Morgan fingerprint density at radius 3 is 2.69 bits per heavy atom. The minimum atomic E-state index is 0.236. The molecule has 0 fully saturated rings. The van der Waals surface area contributed by atoms with Crippen molar-refractivity contribution < 1.29 is 0 Å². The van der Waals surface area contributed by atoms with Gasteiger partial charge in [0.2, 0.25) is 0 Å². The number of nitrogens with zero attached hydrogens (tertiary/aromatic N) is 1. The van der Waals surface area contributed by atoms with Crippen LogP contribution >= 0.6 is 11.8 Å². The van der Waals surface area contributed by atoms with Gasteiger partial charge in [-0.1, -0.05) is 35.5 Å². The first kappa shape index (κ1) is 11.3. The van der Waals surface area contributed by atoms with Crippen molar-refractivity contribution in [3.05, 3.63) is 40.8 Å². The Morgan fingerprint density at radius 2 is 2.06 bits per heavy atom. The van der Waals surface area contributed by atoms with E-state index in [2.05, 4.69) is 37.3 Å². The van der Waals surface area contributed by atoms with Crippen LogP contribution in [0.1, 0.15) is 26.2 Å². The lowest BCUT2D eigenvalue weighted by Crippen LogP contribution is -2.05. The Hall–Kier alpha value is -1.20. The van der Waals surface area contributed by atoms with E-state index in [9.17, 15) is 0 Å². The Balaban J connectivity index is 2.09. The molecule has 1 aliphatic carbocycles. The van der Waals surface area contributed by atoms with Crippen molar-refractivity contribution in [2.75, 3.05) is 0 Å². The van der Waals surface area contributed by atoms with Crippen LogP contribution in [0.15, 0.2) is 45.7 Å². The first-order valence-electron chi connectivity index (χ1n) is 5.60. The van der Waals surface area contributed by atoms with Crippen molar-refractivity contribution >= 4 is 11.8 Å². The second-order valence-electron chi connectivity index (χ2n) is 4.19. The molecule has 2 heteroatoms. The summed E-state index contributed by atoms with van der Waals surface area (Å²) >= 11 is 1.86. The molecule has 1 atom stereocenters. The highest BCUT2D eigenvalue weighted by Crippen LogP contribution is 2.38. The first-order valence-corrected chi connectivity index (χ1v) is 6.42. The van der Waals surface area contributed by atoms with Gasteiger partial charge in [0.25, 0.3) is 0 Å². The second-order valence-corrected chi connectivity index (χ2v) is 5.36. The molecule has 0 heterocycles. The Labute approximate surface area is 101 Å². The van der Waals surface area contributed by atoms with E-state index in [4.69, 9.17) is 5.26 Å². The molecule has 82 valence electrons. The quantitative estimate of drug-likeness (QED) is 0.751. The SMILES string of the molecule is CC1=C(Sc2ccccc2)CCC(C#N)C1. The molecule has 0 aliphatic heterocycles. The van der Waals surface area contributed by atoms with Gasteiger partial charge >= 0.3 is 0 Å². The second kappa shape index (κ2) is 5.23. The van der Waals surface area contributed by atoms with E-state index in [1.54, 1.807) is 0 Å². The third kappa shape index (κ3) is 2.68. The zero-order chi connectivity index (χ0) is 11.4. The molecule has 0 saturated carbocycles. The molecule has 16 heavy (non-hydrogen) atoms. The molecule has 1 nitrogen and oxygen atoms in total. The number of benzene rings is 1. The number of hydrogen-bond acceptors (Lipinski definition) is 2. The van der Waals surface area contributed by atoms with Crippen molar-refractivity contribution in [2.24, 2.45) is 5.92 Å². The van der Waals surface area contributed by atoms with Gasteiger partial charge in [-0.2, -0.15) is 5.26 Å². The van der Waals surface area contributed by atoms with E-state index in [1.165, 1.54) is 15.4 Å². The molecule has 1 aromatic carbocycles. The average molecular weight is 229 g/mol. The molecule has 0 N–H and O–H groups in total. The van der Waals surface area contributed by atoms with Gasteiger partial charge in [-0.15, -0.1) is 0 Å². The van der Waals surface area contributed by atoms with Crippen LogP contribution in [0.2, 0.25) is 0 Å². The van der Waals surface area contributed by atoms with Crippen LogP contribution in [0.25, 0.3) is 0 Å². The lowest BCUT2D eigenvalue weighted by Gasteiger charge is -2.20. The van der Waals surface area contributed by atoms with Gasteiger partial charge < -0.3 is 0 Å². The van der Waals surface area contributed by atoms with E-state index in [0.717, 1.165) is 19.3 Å². The van der Waals surface area contributed by atoms with Crippen LogP contribution < -0.4 is 0 Å². The molecule has 2 rings (SSSR count). The number of rotatable bonds is 2. The molecule has 0 bridgehead atoms. The van der Waals surface area contributed by atoms with Gasteiger partial charge in [-0.25, -0.2) is 0 Å². The smallest absolute Gasteiger partial charge is 0.0659 e. The molecular formula is C14H15NS. The molecule has 1 unspecified atom stereocenters. The number of hydrogen-bond donors (Lipinski definition) is 0. The Morgan fingerprint density at radius 1 is 1.31 bits per heavy atom. The summed E-state index contributed by atoms with van der Waals surface area (Å²) in [6, 6.07) is 12.8. The molecule has 0 saturated heterocycles. The Bertz CT molecular complexity index is 428. The number of nitriles is 1. The Kier molecular flexibility index (Phi) is 3.69. The molecule has 0 radical (unpaired) electrons. The summed E-state index contributed by atoms with van der Waals surface area (Å²) in [4.78, 5) is 2.75. The van der Waals surface area contributed by atoms with Gasteiger partial charge in [0, 0.05) is 4.90 Å². The van der Waals surface area contributed by atoms with E-state index in [1.807, 2.05) is 17.8 Å². The molecule has 1 aromatic rings. The predicted octanol–water partition coefficient (Wildman–Crippen LogP) is 4.38. The van der Waals surface area contributed by atoms with Gasteiger partial charge in [-0.3, -0.25) is 0 Å². The van der Waals surface area contributed by atoms with Crippen LogP contribution in [-0.4, -0.2) is 0 Å². The minimum Gasteiger partial charge on any atom is -0.198 e. The van der Waals surface area contributed by atoms with Gasteiger partial charge in [-0.05, 0) is 43.2 Å². The molecular weight excluding hydrogens is 214 g/mol. The van der Waals surface area contributed by atoms with Crippen molar-refractivity contribution in [3.8, 4) is 6.07 Å². The van der Waals surface area contributed by atoms with E-state index in [-0.39, 0.29) is 5.92 Å². The maximum Gasteiger partial charge on any atom is 0.0659 e. The van der Waals surface area contributed by atoms with Crippen molar-refractivity contribution in [1.29, 1.82) is 5.26 Å². The van der Waals surface area contributed by atoms with Crippen molar-refractivity contribution in [3.63, 3.8) is 0 Å². The maximum absolute atomic E-state index is 8.91. The van der Waals surface area contributed by atoms with Crippen LogP contribution in [0, 0.1) is 17.2 Å². The van der Waals surface area contributed by atoms with E-state index >= 15 is 0 Å². The third-order valence-electron chi connectivity index (χ3n) is 2.92. The zero-order valence-corrected chi connectivity index (χ0v) is 10.3. The summed E-state index contributed by atoms with van der Waals surface area (Å²) in [5.41, 5.74) is 1.40. The largest absolute Gasteiger partial charge is 0.198 e. The normalized spacial score (nSPS) is 20.6. The highest BCUT2D eigenvalue weighted by Gasteiger charge is 2.18. The molecule has 0 spiro atoms. The summed E-state index contributed by atoms with van der Waals surface area (Å²) in [6.07, 6.45) is 3.03. The highest BCUT2D eigenvalue weighted by atomic mass is 32.2. The van der Waals surface area contributed by atoms with Crippen molar-refractivity contribution in [2.45, 2.75) is 31.1 Å². The summed E-state index contributed by atoms with van der Waals surface area (Å²) < 4.78 is 0. The first-order chi connectivity index (χ1) is 7.79. The van der Waals surface area contributed by atoms with Gasteiger partial charge in [0.15, 0.2) is 0 Å². The fourth-order valence-electron chi connectivity index (χ4n) is 1.98. The predicted molar refractivity (Wildman–Crippen MR) is 68.0 cm³/mol. The minimum absolute atomic E-state index is 0.236. The third-order valence-corrected chi connectivity index (χ3v) is 4.22. The lowest BCUT2D eigenvalue weighted by atomic mass is 9.91. The van der Waals surface area contributed by atoms with E-state index in [0.29, 0.717) is 0 Å². The van der Waals surface area contributed by atoms with Crippen LogP contribution in [0.4, 0.5) is 0 Å². The molecule has 0 amide bonds. The fraction of sp³-hybridized carbons (Fsp3) is 0.357. The topological polar surface area (TPSA) is 23.8 Å². The average Bonchev–Trinajstić information content (AvgIpc) is 2.33. The number of allylic oxidation sites excluding steroid dienone is 2. The molecule has 1 aliphatic rings. The monoisotopic (exact) mass is 229 g/mol. The van der Waals surface area contributed by atoms with E-state index < -0.39 is 0 Å².